The third-order valence-corrected chi connectivity index (χ3v) is 2.59. The number of halogens is 1. The van der Waals surface area contributed by atoms with Gasteiger partial charge >= 0.3 is 5.97 Å². The van der Waals surface area contributed by atoms with Gasteiger partial charge in [-0.3, -0.25) is 0 Å². The molecule has 0 unspecified atom stereocenters. The maximum Gasteiger partial charge on any atom is 0.330 e. The molecule has 1 heterocycles. The molecule has 0 fully saturated rings. The molecule has 1 aliphatic rings. The second kappa shape index (κ2) is 3.17. The molecule has 0 aromatic heterocycles. The summed E-state index contributed by atoms with van der Waals surface area (Å²) in [4.78, 5) is 12.9. The molecule has 3 nitrogen and oxygen atoms in total. The lowest BCUT2D eigenvalue weighted by atomic mass is 10.2. The van der Waals surface area contributed by atoms with Crippen LogP contribution in [0.1, 0.15) is 0 Å². The van der Waals surface area contributed by atoms with Gasteiger partial charge in [-0.05, 0) is 40.8 Å². The van der Waals surface area contributed by atoms with E-state index in [0.29, 0.717) is 12.3 Å². The maximum absolute atomic E-state index is 11.1. The average molecular weight is 289 g/mol. The number of anilines is 1. The van der Waals surface area contributed by atoms with Crippen LogP contribution in [0.2, 0.25) is 0 Å². The van der Waals surface area contributed by atoms with Crippen molar-refractivity contribution in [3.8, 4) is 5.75 Å². The summed E-state index contributed by atoms with van der Waals surface area (Å²) >= 11 is 2.23. The van der Waals surface area contributed by atoms with Crippen molar-refractivity contribution in [2.75, 3.05) is 18.5 Å². The third-order valence-electron chi connectivity index (χ3n) is 1.92. The van der Waals surface area contributed by atoms with Gasteiger partial charge in [-0.15, -0.1) is 0 Å². The van der Waals surface area contributed by atoms with Gasteiger partial charge in [0.25, 0.3) is 0 Å². The molecular weight excluding hydrogens is 281 g/mol. The molecule has 13 heavy (non-hydrogen) atoms. The minimum atomic E-state index is -0.198. The number of ether oxygens (including phenoxy) is 1. The van der Waals surface area contributed by atoms with Gasteiger partial charge < -0.3 is 9.64 Å². The Balaban J connectivity index is 2.49. The lowest BCUT2D eigenvalue weighted by molar-refractivity contribution is -0.133. The summed E-state index contributed by atoms with van der Waals surface area (Å²) in [7, 11) is 1.88. The summed E-state index contributed by atoms with van der Waals surface area (Å²) in [5.41, 5.74) is 0.978. The van der Waals surface area contributed by atoms with Crippen molar-refractivity contribution in [1.29, 1.82) is 0 Å². The van der Waals surface area contributed by atoms with Crippen molar-refractivity contribution in [1.82, 2.24) is 0 Å². The molecule has 0 bridgehead atoms. The SMILES string of the molecule is CN1CC(=O)Oc2ccc(I)cc21. The first-order chi connectivity index (χ1) is 6.16. The molecular formula is C9H8INO2. The van der Waals surface area contributed by atoms with Gasteiger partial charge in [0, 0.05) is 10.6 Å². The van der Waals surface area contributed by atoms with E-state index in [-0.39, 0.29) is 5.97 Å². The topological polar surface area (TPSA) is 29.5 Å². The zero-order chi connectivity index (χ0) is 9.42. The van der Waals surface area contributed by atoms with Crippen molar-refractivity contribution in [3.63, 3.8) is 0 Å². The fraction of sp³-hybridized carbons (Fsp3) is 0.222. The quantitative estimate of drug-likeness (QED) is 0.413. The Bertz CT molecular complexity index is 365. The van der Waals surface area contributed by atoms with Crippen molar-refractivity contribution in [2.45, 2.75) is 0 Å². The minimum Gasteiger partial charge on any atom is -0.423 e. The van der Waals surface area contributed by atoms with E-state index in [1.807, 2.05) is 30.1 Å². The predicted molar refractivity (Wildman–Crippen MR) is 58.1 cm³/mol. The van der Waals surface area contributed by atoms with Crippen molar-refractivity contribution in [3.05, 3.63) is 21.8 Å². The number of hydrogen-bond acceptors (Lipinski definition) is 3. The van der Waals surface area contributed by atoms with E-state index >= 15 is 0 Å². The average Bonchev–Trinajstić information content (AvgIpc) is 2.06. The largest absolute Gasteiger partial charge is 0.423 e. The first-order valence-corrected chi connectivity index (χ1v) is 4.96. The van der Waals surface area contributed by atoms with Gasteiger partial charge in [0.2, 0.25) is 0 Å². The highest BCUT2D eigenvalue weighted by atomic mass is 127. The molecule has 1 aromatic rings. The minimum absolute atomic E-state index is 0.198. The number of esters is 1. The molecule has 0 spiro atoms. The van der Waals surface area contributed by atoms with Gasteiger partial charge in [-0.1, -0.05) is 0 Å². The molecule has 68 valence electrons. The van der Waals surface area contributed by atoms with E-state index < -0.39 is 0 Å². The number of nitrogens with zero attached hydrogens (tertiary/aromatic N) is 1. The summed E-state index contributed by atoms with van der Waals surface area (Å²) in [5, 5.41) is 0. The Morgan fingerprint density at radius 1 is 1.54 bits per heavy atom. The van der Waals surface area contributed by atoms with Gasteiger partial charge in [-0.25, -0.2) is 4.79 Å². The van der Waals surface area contributed by atoms with Crippen LogP contribution >= 0.6 is 22.6 Å². The van der Waals surface area contributed by atoms with Crippen LogP contribution in [-0.2, 0) is 4.79 Å². The molecule has 1 aliphatic heterocycles. The van der Waals surface area contributed by atoms with Gasteiger partial charge in [0.15, 0.2) is 5.75 Å². The highest BCUT2D eigenvalue weighted by molar-refractivity contribution is 14.1. The summed E-state index contributed by atoms with van der Waals surface area (Å²) in [6, 6.07) is 5.75. The Labute approximate surface area is 89.8 Å². The number of likely N-dealkylation sites (N-methyl/N-ethyl adjacent to an activating group) is 1. The van der Waals surface area contributed by atoms with Gasteiger partial charge in [0.1, 0.15) is 6.54 Å². The van der Waals surface area contributed by atoms with Crippen molar-refractivity contribution in [2.24, 2.45) is 0 Å². The number of fused-ring (bicyclic) bond motifs is 1. The molecule has 0 radical (unpaired) electrons. The van der Waals surface area contributed by atoms with Crippen LogP contribution in [0, 0.1) is 3.57 Å². The fourth-order valence-electron chi connectivity index (χ4n) is 1.31. The lowest BCUT2D eigenvalue weighted by Crippen LogP contribution is -2.33. The van der Waals surface area contributed by atoms with Gasteiger partial charge in [-0.2, -0.15) is 0 Å². The number of benzene rings is 1. The first kappa shape index (κ1) is 8.80. The summed E-state index contributed by atoms with van der Waals surface area (Å²) in [6.07, 6.45) is 0. The van der Waals surface area contributed by atoms with Gasteiger partial charge in [0.05, 0.1) is 5.69 Å². The molecule has 0 aliphatic carbocycles. The van der Waals surface area contributed by atoms with E-state index in [1.54, 1.807) is 0 Å². The van der Waals surface area contributed by atoms with E-state index in [4.69, 9.17) is 4.74 Å². The zero-order valence-corrected chi connectivity index (χ0v) is 9.24. The van der Waals surface area contributed by atoms with Crippen LogP contribution in [0.4, 0.5) is 5.69 Å². The molecule has 1 aromatic carbocycles. The number of hydrogen-bond donors (Lipinski definition) is 0. The third kappa shape index (κ3) is 1.63. The summed E-state index contributed by atoms with van der Waals surface area (Å²) < 4.78 is 6.21. The van der Waals surface area contributed by atoms with E-state index in [0.717, 1.165) is 9.26 Å². The maximum atomic E-state index is 11.1. The smallest absolute Gasteiger partial charge is 0.330 e. The van der Waals surface area contributed by atoms with Crippen LogP contribution in [0.3, 0.4) is 0 Å². The highest BCUT2D eigenvalue weighted by Crippen LogP contribution is 2.31. The van der Waals surface area contributed by atoms with Crippen molar-refractivity contribution < 1.29 is 9.53 Å². The Morgan fingerprint density at radius 3 is 3.08 bits per heavy atom. The number of carbonyl (C=O) groups excluding carboxylic acids is 1. The summed E-state index contributed by atoms with van der Waals surface area (Å²) in [6.45, 7) is 0.326. The molecule has 4 heteroatoms. The normalized spacial score (nSPS) is 15.2. The molecule has 0 N–H and O–H groups in total. The first-order valence-electron chi connectivity index (χ1n) is 3.88. The number of rotatable bonds is 0. The molecule has 0 saturated heterocycles. The van der Waals surface area contributed by atoms with E-state index in [9.17, 15) is 4.79 Å². The fourth-order valence-corrected chi connectivity index (χ4v) is 1.78. The number of carbonyl (C=O) groups is 1. The van der Waals surface area contributed by atoms with Crippen LogP contribution in [-0.4, -0.2) is 19.6 Å². The van der Waals surface area contributed by atoms with E-state index in [2.05, 4.69) is 22.6 Å². The second-order valence-electron chi connectivity index (χ2n) is 2.94. The molecule has 0 atom stereocenters. The second-order valence-corrected chi connectivity index (χ2v) is 4.19. The predicted octanol–water partition coefficient (Wildman–Crippen LogP) is 1.65. The van der Waals surface area contributed by atoms with E-state index in [1.165, 1.54) is 0 Å². The Hall–Kier alpha value is -0.780. The van der Waals surface area contributed by atoms with Crippen molar-refractivity contribution >= 4 is 34.2 Å². The van der Waals surface area contributed by atoms with Crippen LogP contribution < -0.4 is 9.64 Å². The molecule has 0 saturated carbocycles. The molecule has 0 amide bonds. The highest BCUT2D eigenvalue weighted by Gasteiger charge is 2.20. The standard InChI is InChI=1S/C9H8INO2/c1-11-5-9(12)13-8-3-2-6(10)4-7(8)11/h2-4H,5H2,1H3. The van der Waals surface area contributed by atoms with Crippen LogP contribution in [0.15, 0.2) is 18.2 Å². The zero-order valence-electron chi connectivity index (χ0n) is 7.08. The van der Waals surface area contributed by atoms with Crippen LogP contribution in [0.5, 0.6) is 5.75 Å². The summed E-state index contributed by atoms with van der Waals surface area (Å²) in [5.74, 6) is 0.454. The van der Waals surface area contributed by atoms with Crippen LogP contribution in [0.25, 0.3) is 0 Å². The molecule has 2 rings (SSSR count). The Kier molecular flexibility index (Phi) is 2.15. The monoisotopic (exact) mass is 289 g/mol. The lowest BCUT2D eigenvalue weighted by Gasteiger charge is -2.25. The Morgan fingerprint density at radius 2 is 2.31 bits per heavy atom.